The summed E-state index contributed by atoms with van der Waals surface area (Å²) in [5.41, 5.74) is 0. The number of hydrogen-bond donors (Lipinski definition) is 0. The summed E-state index contributed by atoms with van der Waals surface area (Å²) in [6.07, 6.45) is 0. The van der Waals surface area contributed by atoms with Crippen molar-refractivity contribution in [1.29, 1.82) is 0 Å². The highest BCUT2D eigenvalue weighted by molar-refractivity contribution is 4.93. The van der Waals surface area contributed by atoms with Crippen molar-refractivity contribution in [3.63, 3.8) is 0 Å². The predicted molar refractivity (Wildman–Crippen MR) is 34.0 cm³/mol. The molecular weight excluding hydrogens is 152 g/mol. The van der Waals surface area contributed by atoms with Gasteiger partial charge in [-0.3, -0.25) is 4.74 Å². The van der Waals surface area contributed by atoms with Gasteiger partial charge in [0, 0.05) is 7.11 Å². The largest absolute Gasteiger partial charge is 0.493 e. The van der Waals surface area contributed by atoms with Crippen molar-refractivity contribution in [3.8, 4) is 0 Å². The first kappa shape index (κ1) is 8.48. The molecule has 1 heterocycles. The molecule has 0 saturated carbocycles. The molecule has 1 atom stereocenters. The molecule has 5 nitrogen and oxygen atoms in total. The Morgan fingerprint density at radius 3 is 2.64 bits per heavy atom. The van der Waals surface area contributed by atoms with E-state index in [1.54, 1.807) is 0 Å². The van der Waals surface area contributed by atoms with E-state index in [0.29, 0.717) is 0 Å². The third kappa shape index (κ3) is 1.36. The van der Waals surface area contributed by atoms with Crippen LogP contribution >= 0.6 is 0 Å². The standard InChI is InChI=1S/C6H10O5/c1-5(7-2)6(8-3)9-4-10-11-6/h1,4H2,2-3H3. The lowest BCUT2D eigenvalue weighted by Gasteiger charge is -2.22. The smallest absolute Gasteiger partial charge is 0.374 e. The molecule has 1 saturated heterocycles. The Labute approximate surface area is 64.4 Å². The SMILES string of the molecule is C=C(OC)C1(OC)OCOO1. The summed E-state index contributed by atoms with van der Waals surface area (Å²) in [5, 5.41) is 0. The molecule has 0 aromatic carbocycles. The average Bonchev–Trinajstić information content (AvgIpc) is 2.52. The fourth-order valence-corrected chi connectivity index (χ4v) is 0.686. The van der Waals surface area contributed by atoms with Crippen LogP contribution in [0.5, 0.6) is 0 Å². The first-order valence-corrected chi connectivity index (χ1v) is 2.98. The third-order valence-corrected chi connectivity index (χ3v) is 1.32. The van der Waals surface area contributed by atoms with Gasteiger partial charge >= 0.3 is 5.97 Å². The number of methoxy groups -OCH3 is 2. The monoisotopic (exact) mass is 162 g/mol. The molecule has 64 valence electrons. The van der Waals surface area contributed by atoms with Gasteiger partial charge in [-0.2, -0.15) is 4.89 Å². The maximum Gasteiger partial charge on any atom is 0.374 e. The van der Waals surface area contributed by atoms with E-state index in [2.05, 4.69) is 16.4 Å². The van der Waals surface area contributed by atoms with Crippen LogP contribution in [0.25, 0.3) is 0 Å². The maximum absolute atomic E-state index is 4.95. The van der Waals surface area contributed by atoms with Gasteiger partial charge in [-0.1, -0.05) is 6.58 Å². The van der Waals surface area contributed by atoms with Crippen molar-refractivity contribution in [2.45, 2.75) is 5.97 Å². The van der Waals surface area contributed by atoms with Crippen LogP contribution in [0.15, 0.2) is 12.3 Å². The number of hydrogen-bond acceptors (Lipinski definition) is 5. The van der Waals surface area contributed by atoms with Gasteiger partial charge in [0.05, 0.1) is 7.11 Å². The van der Waals surface area contributed by atoms with Crippen LogP contribution in [-0.4, -0.2) is 27.0 Å². The second-order valence-corrected chi connectivity index (χ2v) is 1.85. The van der Waals surface area contributed by atoms with E-state index in [-0.39, 0.29) is 12.6 Å². The Kier molecular flexibility index (Phi) is 2.45. The number of ether oxygens (including phenoxy) is 3. The van der Waals surface area contributed by atoms with E-state index < -0.39 is 5.97 Å². The van der Waals surface area contributed by atoms with Gasteiger partial charge in [0.25, 0.3) is 0 Å². The lowest BCUT2D eigenvalue weighted by Crippen LogP contribution is -2.34. The molecule has 1 aliphatic heterocycles. The summed E-state index contributed by atoms with van der Waals surface area (Å²) in [7, 11) is 2.84. The maximum atomic E-state index is 4.95. The quantitative estimate of drug-likeness (QED) is 0.443. The topological polar surface area (TPSA) is 46.2 Å². The van der Waals surface area contributed by atoms with Crippen LogP contribution in [-0.2, 0) is 24.0 Å². The molecule has 0 aromatic rings. The normalized spacial score (nSPS) is 30.4. The van der Waals surface area contributed by atoms with Crippen LogP contribution < -0.4 is 0 Å². The molecule has 0 N–H and O–H groups in total. The van der Waals surface area contributed by atoms with Gasteiger partial charge in [0.1, 0.15) is 0 Å². The molecule has 1 rings (SSSR count). The van der Waals surface area contributed by atoms with Crippen LogP contribution in [0.3, 0.4) is 0 Å². The minimum atomic E-state index is -1.39. The van der Waals surface area contributed by atoms with E-state index in [1.165, 1.54) is 14.2 Å². The van der Waals surface area contributed by atoms with Gasteiger partial charge in [0.15, 0.2) is 12.6 Å². The Balaban J connectivity index is 2.66. The summed E-state index contributed by atoms with van der Waals surface area (Å²) in [6, 6.07) is 0. The van der Waals surface area contributed by atoms with Gasteiger partial charge in [-0.05, 0) is 0 Å². The molecule has 5 heteroatoms. The van der Waals surface area contributed by atoms with Gasteiger partial charge < -0.3 is 9.47 Å². The van der Waals surface area contributed by atoms with E-state index in [0.717, 1.165) is 0 Å². The minimum Gasteiger partial charge on any atom is -0.493 e. The lowest BCUT2D eigenvalue weighted by atomic mass is 10.5. The van der Waals surface area contributed by atoms with E-state index in [1.807, 2.05) is 0 Å². The van der Waals surface area contributed by atoms with Crippen molar-refractivity contribution >= 4 is 0 Å². The van der Waals surface area contributed by atoms with Gasteiger partial charge in [-0.15, -0.1) is 0 Å². The average molecular weight is 162 g/mol. The molecule has 0 spiro atoms. The summed E-state index contributed by atoms with van der Waals surface area (Å²) in [4.78, 5) is 9.16. The first-order valence-electron chi connectivity index (χ1n) is 2.98. The van der Waals surface area contributed by atoms with Crippen molar-refractivity contribution in [3.05, 3.63) is 12.3 Å². The number of rotatable bonds is 3. The fourth-order valence-electron chi connectivity index (χ4n) is 0.686. The second kappa shape index (κ2) is 3.19. The molecule has 0 aliphatic carbocycles. The lowest BCUT2D eigenvalue weighted by molar-refractivity contribution is -0.397. The molecule has 0 amide bonds. The van der Waals surface area contributed by atoms with Crippen LogP contribution in [0.2, 0.25) is 0 Å². The third-order valence-electron chi connectivity index (χ3n) is 1.32. The molecule has 1 aliphatic rings. The van der Waals surface area contributed by atoms with Crippen LogP contribution in [0, 0.1) is 0 Å². The Morgan fingerprint density at radius 1 is 1.55 bits per heavy atom. The predicted octanol–water partition coefficient (Wildman–Crippen LogP) is 0.383. The second-order valence-electron chi connectivity index (χ2n) is 1.85. The summed E-state index contributed by atoms with van der Waals surface area (Å²) in [5.74, 6) is -1.19. The zero-order valence-electron chi connectivity index (χ0n) is 6.46. The molecule has 11 heavy (non-hydrogen) atoms. The molecular formula is C6H10O5. The van der Waals surface area contributed by atoms with Crippen molar-refractivity contribution in [2.75, 3.05) is 21.0 Å². The first-order chi connectivity index (χ1) is 5.25. The molecule has 0 aromatic heterocycles. The molecule has 1 fully saturated rings. The van der Waals surface area contributed by atoms with Crippen LogP contribution in [0.1, 0.15) is 0 Å². The van der Waals surface area contributed by atoms with Gasteiger partial charge in [0.2, 0.25) is 0 Å². The van der Waals surface area contributed by atoms with E-state index in [4.69, 9.17) is 14.2 Å². The summed E-state index contributed by atoms with van der Waals surface area (Å²) < 4.78 is 14.6. The zero-order chi connectivity index (χ0) is 8.32. The highest BCUT2D eigenvalue weighted by atomic mass is 17.3. The fraction of sp³-hybridized carbons (Fsp3) is 0.667. The molecule has 0 radical (unpaired) electrons. The van der Waals surface area contributed by atoms with Crippen molar-refractivity contribution < 1.29 is 24.0 Å². The minimum absolute atomic E-state index is 0.00375. The Hall–Kier alpha value is -0.620. The van der Waals surface area contributed by atoms with E-state index in [9.17, 15) is 0 Å². The Morgan fingerprint density at radius 2 is 2.27 bits per heavy atom. The van der Waals surface area contributed by atoms with Gasteiger partial charge in [-0.25, -0.2) is 4.89 Å². The molecule has 1 unspecified atom stereocenters. The summed E-state index contributed by atoms with van der Waals surface area (Å²) in [6.45, 7) is 3.52. The van der Waals surface area contributed by atoms with Crippen molar-refractivity contribution in [2.24, 2.45) is 0 Å². The van der Waals surface area contributed by atoms with Crippen LogP contribution in [0.4, 0.5) is 0 Å². The highest BCUT2D eigenvalue weighted by Gasteiger charge is 2.44. The van der Waals surface area contributed by atoms with Crippen molar-refractivity contribution in [1.82, 2.24) is 0 Å². The summed E-state index contributed by atoms with van der Waals surface area (Å²) >= 11 is 0. The zero-order valence-corrected chi connectivity index (χ0v) is 6.46. The Bertz CT molecular complexity index is 149. The highest BCUT2D eigenvalue weighted by Crippen LogP contribution is 2.28. The van der Waals surface area contributed by atoms with E-state index >= 15 is 0 Å². The molecule has 0 bridgehead atoms.